The molecule has 4 aromatic rings. The summed E-state index contributed by atoms with van der Waals surface area (Å²) >= 11 is 0. The third kappa shape index (κ3) is 5.22. The molecule has 6 heteroatoms. The molecule has 0 amide bonds. The molecule has 0 radical (unpaired) electrons. The molecule has 1 fully saturated rings. The van der Waals surface area contributed by atoms with Crippen LogP contribution in [0, 0.1) is 0 Å². The normalized spacial score (nSPS) is 16.3. The summed E-state index contributed by atoms with van der Waals surface area (Å²) in [7, 11) is -4.55. The zero-order valence-corrected chi connectivity index (χ0v) is 24.1. The summed E-state index contributed by atoms with van der Waals surface area (Å²) in [5.74, 6) is 0.282. The summed E-state index contributed by atoms with van der Waals surface area (Å²) in [6, 6.07) is 40.3. The molecule has 1 saturated heterocycles. The molecule has 0 unspecified atom stereocenters. The van der Waals surface area contributed by atoms with E-state index < -0.39 is 7.51 Å². The van der Waals surface area contributed by atoms with Crippen LogP contribution in [0.5, 0.6) is 0 Å². The van der Waals surface area contributed by atoms with Crippen molar-refractivity contribution in [3.8, 4) is 0 Å². The van der Waals surface area contributed by atoms with Crippen LogP contribution in [0.1, 0.15) is 43.0 Å². The number of benzene rings is 4. The minimum atomic E-state index is -4.55. The van der Waals surface area contributed by atoms with Gasteiger partial charge in [0, 0.05) is 0 Å². The molecule has 0 bridgehead atoms. The molecule has 40 heavy (non-hydrogen) atoms. The van der Waals surface area contributed by atoms with Crippen molar-refractivity contribution in [3.63, 3.8) is 0 Å². The van der Waals surface area contributed by atoms with Crippen molar-refractivity contribution >= 4 is 18.7 Å². The van der Waals surface area contributed by atoms with Crippen molar-refractivity contribution in [2.75, 3.05) is 19.8 Å². The summed E-state index contributed by atoms with van der Waals surface area (Å²) in [6.45, 7) is 6.61. The molecule has 1 aliphatic heterocycles. The van der Waals surface area contributed by atoms with E-state index in [4.69, 9.17) is 22.8 Å². The first-order valence-corrected chi connectivity index (χ1v) is 15.6. The quantitative estimate of drug-likeness (QED) is 0.183. The van der Waals surface area contributed by atoms with E-state index >= 15 is 0 Å². The number of hydrogen-bond acceptors (Lipinski definition) is 5. The van der Waals surface area contributed by atoms with Crippen LogP contribution < -0.4 is 0 Å². The first-order chi connectivity index (χ1) is 19.6. The van der Waals surface area contributed by atoms with Crippen LogP contribution in [-0.2, 0) is 22.8 Å². The fraction of sp³-hybridized carbons (Fsp3) is 0.176. The average molecular weight is 555 g/mol. The summed E-state index contributed by atoms with van der Waals surface area (Å²) in [5, 5.41) is 0. The molecule has 0 spiro atoms. The van der Waals surface area contributed by atoms with E-state index in [0.29, 0.717) is 25.3 Å². The molecule has 1 aliphatic rings. The van der Waals surface area contributed by atoms with Gasteiger partial charge in [-0.05, 0) is 0 Å². The van der Waals surface area contributed by atoms with Gasteiger partial charge in [0.05, 0.1) is 0 Å². The average Bonchev–Trinajstić information content (AvgIpc) is 3.30. The Labute approximate surface area is 236 Å². The van der Waals surface area contributed by atoms with Crippen LogP contribution in [0.2, 0.25) is 0 Å². The first kappa shape index (κ1) is 27.8. The molecule has 0 saturated carbocycles. The Bertz CT molecular complexity index is 1370. The Morgan fingerprint density at radius 2 is 0.825 bits per heavy atom. The van der Waals surface area contributed by atoms with Crippen LogP contribution in [0.25, 0.3) is 11.1 Å². The van der Waals surface area contributed by atoms with Crippen LogP contribution in [0.3, 0.4) is 0 Å². The first-order valence-electron chi connectivity index (χ1n) is 13.7. The zero-order chi connectivity index (χ0) is 27.9. The van der Waals surface area contributed by atoms with Crippen molar-refractivity contribution in [2.24, 2.45) is 0 Å². The summed E-state index contributed by atoms with van der Waals surface area (Å²) < 4.78 is 33.6. The van der Waals surface area contributed by atoms with Gasteiger partial charge in [-0.2, -0.15) is 0 Å². The SMILES string of the molecule is CCOP1(OCC)(OCC)OC(=C(c2ccccc2)c2ccccc2)OC1=C(c1ccccc1)c1ccccc1. The second-order valence-corrected chi connectivity index (χ2v) is 12.1. The van der Waals surface area contributed by atoms with E-state index in [9.17, 15) is 0 Å². The Balaban J connectivity index is 1.91. The van der Waals surface area contributed by atoms with Crippen LogP contribution >= 0.6 is 7.51 Å². The van der Waals surface area contributed by atoms with Gasteiger partial charge in [0.25, 0.3) is 0 Å². The predicted molar refractivity (Wildman–Crippen MR) is 162 cm³/mol. The molecule has 5 nitrogen and oxygen atoms in total. The van der Waals surface area contributed by atoms with Crippen LogP contribution in [-0.4, -0.2) is 19.8 Å². The van der Waals surface area contributed by atoms with E-state index in [2.05, 4.69) is 0 Å². The van der Waals surface area contributed by atoms with E-state index in [-0.39, 0.29) is 5.95 Å². The summed E-state index contributed by atoms with van der Waals surface area (Å²) in [5.41, 5.74) is 5.73. The van der Waals surface area contributed by atoms with Crippen molar-refractivity contribution < 1.29 is 22.8 Å². The van der Waals surface area contributed by atoms with Gasteiger partial charge in [0.15, 0.2) is 0 Å². The van der Waals surface area contributed by atoms with Gasteiger partial charge in [-0.15, -0.1) is 0 Å². The predicted octanol–water partition coefficient (Wildman–Crippen LogP) is 9.19. The van der Waals surface area contributed by atoms with Crippen LogP contribution in [0.4, 0.5) is 0 Å². The second-order valence-electron chi connectivity index (χ2n) is 9.07. The minimum absolute atomic E-state index is 0.282. The molecule has 0 aliphatic carbocycles. The van der Waals surface area contributed by atoms with Gasteiger partial charge < -0.3 is 0 Å². The summed E-state index contributed by atoms with van der Waals surface area (Å²) in [4.78, 5) is 0. The monoisotopic (exact) mass is 554 g/mol. The maximum atomic E-state index is 6.93. The standard InChI is InChI=1S/C34H35O5P/c1-4-35-40(36-5-2,37-6-3)34(32(29-23-15-9-16-24-29)30-25-17-10-18-26-30)38-33(39-40)31(27-19-11-7-12-20-27)28-21-13-8-14-22-28/h7-26H,4-6H2,1-3H3. The molecule has 4 aromatic carbocycles. The second kappa shape index (κ2) is 12.2. The number of hydrogen-bond donors (Lipinski definition) is 0. The Morgan fingerprint density at radius 3 is 1.15 bits per heavy atom. The molecule has 0 N–H and O–H groups in total. The van der Waals surface area contributed by atoms with Gasteiger partial charge in [0.2, 0.25) is 0 Å². The van der Waals surface area contributed by atoms with Crippen molar-refractivity contribution in [1.29, 1.82) is 0 Å². The zero-order valence-electron chi connectivity index (χ0n) is 23.2. The van der Waals surface area contributed by atoms with Gasteiger partial charge in [-0.3, -0.25) is 0 Å². The Hall–Kier alpha value is -3.73. The molecule has 5 rings (SSSR count). The fourth-order valence-corrected chi connectivity index (χ4v) is 8.39. The third-order valence-electron chi connectivity index (χ3n) is 6.48. The van der Waals surface area contributed by atoms with E-state index in [1.807, 2.05) is 142 Å². The van der Waals surface area contributed by atoms with E-state index in [1.165, 1.54) is 0 Å². The van der Waals surface area contributed by atoms with Crippen molar-refractivity contribution in [1.82, 2.24) is 0 Å². The Kier molecular flexibility index (Phi) is 8.49. The Morgan fingerprint density at radius 1 is 0.500 bits per heavy atom. The van der Waals surface area contributed by atoms with Crippen LogP contribution in [0.15, 0.2) is 133 Å². The molecule has 0 aromatic heterocycles. The molecule has 1 heterocycles. The molecular formula is C34H35O5P. The van der Waals surface area contributed by atoms with Crippen molar-refractivity contribution in [3.05, 3.63) is 155 Å². The van der Waals surface area contributed by atoms with Gasteiger partial charge >= 0.3 is 237 Å². The maximum absolute atomic E-state index is 6.93. The topological polar surface area (TPSA) is 46.2 Å². The third-order valence-corrected chi connectivity index (χ3v) is 10.1. The van der Waals surface area contributed by atoms with E-state index in [0.717, 1.165) is 33.4 Å². The van der Waals surface area contributed by atoms with E-state index in [1.54, 1.807) is 0 Å². The molecular weight excluding hydrogens is 519 g/mol. The molecule has 206 valence electrons. The van der Waals surface area contributed by atoms with Gasteiger partial charge in [0.1, 0.15) is 0 Å². The fourth-order valence-electron chi connectivity index (χ4n) is 4.97. The number of ether oxygens (including phenoxy) is 1. The van der Waals surface area contributed by atoms with Gasteiger partial charge in [-0.25, -0.2) is 0 Å². The van der Waals surface area contributed by atoms with Gasteiger partial charge in [-0.1, -0.05) is 0 Å². The van der Waals surface area contributed by atoms with Crippen molar-refractivity contribution in [2.45, 2.75) is 20.8 Å². The number of rotatable bonds is 10. The molecule has 0 atom stereocenters. The summed E-state index contributed by atoms with van der Waals surface area (Å²) in [6.07, 6.45) is 0.